The van der Waals surface area contributed by atoms with Gasteiger partial charge in [0.05, 0.1) is 5.75 Å². The van der Waals surface area contributed by atoms with Gasteiger partial charge in [0.15, 0.2) is 5.96 Å². The lowest BCUT2D eigenvalue weighted by Crippen LogP contribution is -2.38. The monoisotopic (exact) mass is 247 g/mol. The standard InChI is InChI=1S/C10H21N3O2S/c1-3-11-10(13-9-5-6-9)12-7-4-8-16(2,14)15/h9H,3-8H2,1-2H3,(H2,11,12,13). The molecule has 94 valence electrons. The van der Waals surface area contributed by atoms with Crippen LogP contribution in [0.2, 0.25) is 0 Å². The van der Waals surface area contributed by atoms with Gasteiger partial charge in [-0.05, 0) is 26.2 Å². The number of hydrogen-bond donors (Lipinski definition) is 2. The number of rotatable bonds is 6. The normalized spacial score (nSPS) is 17.2. The summed E-state index contributed by atoms with van der Waals surface area (Å²) in [7, 11) is -2.86. The molecule has 0 aromatic carbocycles. The van der Waals surface area contributed by atoms with Crippen molar-refractivity contribution in [2.24, 2.45) is 4.99 Å². The van der Waals surface area contributed by atoms with E-state index >= 15 is 0 Å². The summed E-state index contributed by atoms with van der Waals surface area (Å²) in [4.78, 5) is 4.33. The number of aliphatic imine (C=N–C) groups is 1. The van der Waals surface area contributed by atoms with Crippen LogP contribution in [-0.4, -0.2) is 45.5 Å². The average molecular weight is 247 g/mol. The number of sulfone groups is 1. The van der Waals surface area contributed by atoms with Crippen molar-refractivity contribution < 1.29 is 8.42 Å². The highest BCUT2D eigenvalue weighted by Crippen LogP contribution is 2.18. The topological polar surface area (TPSA) is 70.6 Å². The van der Waals surface area contributed by atoms with Crippen molar-refractivity contribution in [2.75, 3.05) is 25.1 Å². The van der Waals surface area contributed by atoms with E-state index in [2.05, 4.69) is 15.6 Å². The summed E-state index contributed by atoms with van der Waals surface area (Å²) >= 11 is 0. The van der Waals surface area contributed by atoms with E-state index in [1.165, 1.54) is 19.1 Å². The van der Waals surface area contributed by atoms with Gasteiger partial charge in [-0.15, -0.1) is 0 Å². The molecule has 1 aliphatic rings. The first-order valence-electron chi connectivity index (χ1n) is 5.74. The summed E-state index contributed by atoms with van der Waals surface area (Å²) in [5.74, 6) is 1.01. The molecule has 0 heterocycles. The van der Waals surface area contributed by atoms with Gasteiger partial charge >= 0.3 is 0 Å². The predicted octanol–water partition coefficient (Wildman–Crippen LogP) is 0.139. The van der Waals surface area contributed by atoms with Crippen molar-refractivity contribution >= 4 is 15.8 Å². The van der Waals surface area contributed by atoms with Gasteiger partial charge in [0, 0.05) is 25.4 Å². The predicted molar refractivity (Wildman–Crippen MR) is 66.5 cm³/mol. The molecule has 16 heavy (non-hydrogen) atoms. The van der Waals surface area contributed by atoms with Crippen molar-refractivity contribution in [3.63, 3.8) is 0 Å². The van der Waals surface area contributed by atoms with Gasteiger partial charge in [0.1, 0.15) is 9.84 Å². The zero-order valence-corrected chi connectivity index (χ0v) is 10.8. The Balaban J connectivity index is 2.26. The molecule has 0 aromatic rings. The molecular formula is C10H21N3O2S. The first-order valence-corrected chi connectivity index (χ1v) is 7.80. The highest BCUT2D eigenvalue weighted by molar-refractivity contribution is 7.90. The Kier molecular flexibility index (Phi) is 5.05. The summed E-state index contributed by atoms with van der Waals surface area (Å²) in [6, 6.07) is 0.563. The summed E-state index contributed by atoms with van der Waals surface area (Å²) in [6.45, 7) is 3.39. The van der Waals surface area contributed by atoms with E-state index in [0.717, 1.165) is 12.5 Å². The van der Waals surface area contributed by atoms with Crippen LogP contribution in [0.4, 0.5) is 0 Å². The average Bonchev–Trinajstić information content (AvgIpc) is 2.95. The van der Waals surface area contributed by atoms with Crippen LogP contribution in [0.15, 0.2) is 4.99 Å². The molecule has 0 spiro atoms. The quantitative estimate of drug-likeness (QED) is 0.398. The Bertz CT molecular complexity index is 334. The molecule has 0 bridgehead atoms. The van der Waals surface area contributed by atoms with Gasteiger partial charge in [0.2, 0.25) is 0 Å². The van der Waals surface area contributed by atoms with E-state index in [-0.39, 0.29) is 5.75 Å². The lowest BCUT2D eigenvalue weighted by molar-refractivity contribution is 0.599. The molecule has 6 heteroatoms. The highest BCUT2D eigenvalue weighted by Gasteiger charge is 2.21. The van der Waals surface area contributed by atoms with Gasteiger partial charge in [-0.1, -0.05) is 0 Å². The Morgan fingerprint density at radius 3 is 2.62 bits per heavy atom. The summed E-state index contributed by atoms with van der Waals surface area (Å²) in [6.07, 6.45) is 4.24. The molecule has 1 saturated carbocycles. The van der Waals surface area contributed by atoms with E-state index in [1.807, 2.05) is 6.92 Å². The second-order valence-corrected chi connectivity index (χ2v) is 6.42. The molecular weight excluding hydrogens is 226 g/mol. The lowest BCUT2D eigenvalue weighted by Gasteiger charge is -2.09. The minimum atomic E-state index is -2.86. The van der Waals surface area contributed by atoms with Gasteiger partial charge in [0.25, 0.3) is 0 Å². The van der Waals surface area contributed by atoms with Gasteiger partial charge in [-0.2, -0.15) is 0 Å². The third-order valence-corrected chi connectivity index (χ3v) is 3.24. The Hall–Kier alpha value is -0.780. The first-order chi connectivity index (χ1) is 7.51. The van der Waals surface area contributed by atoms with Crippen molar-refractivity contribution in [1.29, 1.82) is 0 Å². The fourth-order valence-electron chi connectivity index (χ4n) is 1.26. The SMILES string of the molecule is CCNC(=NCCCS(C)(=O)=O)NC1CC1. The van der Waals surface area contributed by atoms with Crippen LogP contribution in [-0.2, 0) is 9.84 Å². The molecule has 1 fully saturated rings. The molecule has 0 aliphatic heterocycles. The molecule has 0 aromatic heterocycles. The van der Waals surface area contributed by atoms with Crippen LogP contribution in [0, 0.1) is 0 Å². The molecule has 1 rings (SSSR count). The number of nitrogens with one attached hydrogen (secondary N) is 2. The van der Waals surface area contributed by atoms with Crippen LogP contribution in [0.5, 0.6) is 0 Å². The number of guanidine groups is 1. The third-order valence-electron chi connectivity index (χ3n) is 2.21. The molecule has 0 atom stereocenters. The minimum Gasteiger partial charge on any atom is -0.357 e. The molecule has 0 unspecified atom stereocenters. The van der Waals surface area contributed by atoms with Crippen LogP contribution in [0.25, 0.3) is 0 Å². The summed E-state index contributed by atoms with van der Waals surface area (Å²) in [5.41, 5.74) is 0. The van der Waals surface area contributed by atoms with E-state index < -0.39 is 9.84 Å². The van der Waals surface area contributed by atoms with Crippen LogP contribution < -0.4 is 10.6 Å². The smallest absolute Gasteiger partial charge is 0.191 e. The van der Waals surface area contributed by atoms with Crippen molar-refractivity contribution in [1.82, 2.24) is 10.6 Å². The van der Waals surface area contributed by atoms with Crippen molar-refractivity contribution in [3.8, 4) is 0 Å². The third kappa shape index (κ3) is 6.66. The second kappa shape index (κ2) is 6.08. The Morgan fingerprint density at radius 2 is 2.12 bits per heavy atom. The maximum absolute atomic E-state index is 10.9. The van der Waals surface area contributed by atoms with E-state index in [4.69, 9.17) is 0 Å². The van der Waals surface area contributed by atoms with E-state index in [1.54, 1.807) is 0 Å². The Labute approximate surface area is 97.6 Å². The lowest BCUT2D eigenvalue weighted by atomic mass is 10.5. The molecule has 0 saturated heterocycles. The molecule has 0 amide bonds. The molecule has 0 radical (unpaired) electrons. The van der Waals surface area contributed by atoms with Crippen LogP contribution in [0.3, 0.4) is 0 Å². The fraction of sp³-hybridized carbons (Fsp3) is 0.900. The largest absolute Gasteiger partial charge is 0.357 e. The van der Waals surface area contributed by atoms with Crippen LogP contribution >= 0.6 is 0 Å². The first kappa shape index (κ1) is 13.3. The second-order valence-electron chi connectivity index (χ2n) is 4.16. The van der Waals surface area contributed by atoms with E-state index in [0.29, 0.717) is 19.0 Å². The maximum Gasteiger partial charge on any atom is 0.191 e. The van der Waals surface area contributed by atoms with Gasteiger partial charge in [-0.3, -0.25) is 4.99 Å². The molecule has 5 nitrogen and oxygen atoms in total. The zero-order valence-electron chi connectivity index (χ0n) is 9.99. The highest BCUT2D eigenvalue weighted by atomic mass is 32.2. The molecule has 1 aliphatic carbocycles. The molecule has 2 N–H and O–H groups in total. The minimum absolute atomic E-state index is 0.208. The maximum atomic E-state index is 10.9. The summed E-state index contributed by atoms with van der Waals surface area (Å²) < 4.78 is 21.8. The van der Waals surface area contributed by atoms with Gasteiger partial charge < -0.3 is 10.6 Å². The van der Waals surface area contributed by atoms with Gasteiger partial charge in [-0.25, -0.2) is 8.42 Å². The van der Waals surface area contributed by atoms with E-state index in [9.17, 15) is 8.42 Å². The summed E-state index contributed by atoms with van der Waals surface area (Å²) in [5, 5.41) is 6.42. The zero-order chi connectivity index (χ0) is 12.0. The Morgan fingerprint density at radius 1 is 1.44 bits per heavy atom. The van der Waals surface area contributed by atoms with Crippen molar-refractivity contribution in [3.05, 3.63) is 0 Å². The van der Waals surface area contributed by atoms with Crippen molar-refractivity contribution in [2.45, 2.75) is 32.2 Å². The fourth-order valence-corrected chi connectivity index (χ4v) is 1.91. The van der Waals surface area contributed by atoms with Crippen LogP contribution in [0.1, 0.15) is 26.2 Å². The number of hydrogen-bond acceptors (Lipinski definition) is 3. The number of nitrogens with zero attached hydrogens (tertiary/aromatic N) is 1.